The smallest absolute Gasteiger partial charge is 0.294 e. The molecule has 0 aliphatic rings. The molecule has 0 aromatic heterocycles. The number of rotatable bonds is 2. The fourth-order valence-corrected chi connectivity index (χ4v) is 1.67. The van der Waals surface area contributed by atoms with Gasteiger partial charge in [0.1, 0.15) is 5.75 Å². The number of hydrogen-bond donors (Lipinski definition) is 3. The Kier molecular flexibility index (Phi) is 2.68. The van der Waals surface area contributed by atoms with Crippen molar-refractivity contribution in [3.63, 3.8) is 0 Å². The minimum Gasteiger partial charge on any atom is -0.506 e. The van der Waals surface area contributed by atoms with Gasteiger partial charge < -0.3 is 10.8 Å². The number of nitrogens with two attached hydrogens (primary N) is 1. The average Bonchev–Trinajstić information content (AvgIpc) is 2.07. The lowest BCUT2D eigenvalue weighted by Gasteiger charge is -2.06. The molecule has 0 amide bonds. The standard InChI is InChI=1S/C8H11NO4S/c1-2-5-3-6(14(11,12)13)4-7(9)8(5)10/h3-4,10H,2,9H2,1H3,(H,11,12,13). The van der Waals surface area contributed by atoms with Crippen LogP contribution in [0.15, 0.2) is 17.0 Å². The molecule has 0 saturated heterocycles. The molecule has 0 unspecified atom stereocenters. The van der Waals surface area contributed by atoms with Crippen LogP contribution in [-0.2, 0) is 16.5 Å². The van der Waals surface area contributed by atoms with Gasteiger partial charge in [-0.25, -0.2) is 0 Å². The van der Waals surface area contributed by atoms with E-state index in [1.807, 2.05) is 0 Å². The molecule has 6 heteroatoms. The second-order valence-electron chi connectivity index (χ2n) is 2.85. The molecule has 0 spiro atoms. The van der Waals surface area contributed by atoms with Gasteiger partial charge in [-0.15, -0.1) is 0 Å². The van der Waals surface area contributed by atoms with Gasteiger partial charge in [-0.3, -0.25) is 4.55 Å². The number of aromatic hydroxyl groups is 1. The van der Waals surface area contributed by atoms with Crippen molar-refractivity contribution in [2.75, 3.05) is 5.73 Å². The van der Waals surface area contributed by atoms with E-state index in [0.717, 1.165) is 6.07 Å². The minimum atomic E-state index is -4.27. The Morgan fingerprint density at radius 1 is 1.43 bits per heavy atom. The lowest BCUT2D eigenvalue weighted by atomic mass is 10.1. The molecule has 0 atom stereocenters. The third kappa shape index (κ3) is 1.97. The summed E-state index contributed by atoms with van der Waals surface area (Å²) < 4.78 is 30.3. The van der Waals surface area contributed by atoms with E-state index in [1.165, 1.54) is 6.07 Å². The van der Waals surface area contributed by atoms with E-state index in [1.54, 1.807) is 6.92 Å². The van der Waals surface area contributed by atoms with Crippen molar-refractivity contribution in [1.82, 2.24) is 0 Å². The molecule has 0 aliphatic heterocycles. The highest BCUT2D eigenvalue weighted by Gasteiger charge is 2.14. The molecular formula is C8H11NO4S. The molecule has 0 saturated carbocycles. The van der Waals surface area contributed by atoms with Gasteiger partial charge in [0.2, 0.25) is 0 Å². The van der Waals surface area contributed by atoms with E-state index in [9.17, 15) is 13.5 Å². The Morgan fingerprint density at radius 2 is 2.00 bits per heavy atom. The number of phenols is 1. The summed E-state index contributed by atoms with van der Waals surface area (Å²) in [6.07, 6.45) is 0.430. The molecule has 4 N–H and O–H groups in total. The van der Waals surface area contributed by atoms with E-state index >= 15 is 0 Å². The summed E-state index contributed by atoms with van der Waals surface area (Å²) in [5.74, 6) is -0.139. The Balaban J connectivity index is 3.46. The molecule has 0 heterocycles. The minimum absolute atomic E-state index is 0.0584. The largest absolute Gasteiger partial charge is 0.506 e. The van der Waals surface area contributed by atoms with Crippen molar-refractivity contribution in [3.05, 3.63) is 17.7 Å². The molecule has 1 rings (SSSR count). The number of aryl methyl sites for hydroxylation is 1. The van der Waals surface area contributed by atoms with Crippen LogP contribution in [0.4, 0.5) is 5.69 Å². The first-order chi connectivity index (χ1) is 6.36. The van der Waals surface area contributed by atoms with Gasteiger partial charge in [0.15, 0.2) is 0 Å². The lowest BCUT2D eigenvalue weighted by Crippen LogP contribution is -2.01. The Morgan fingerprint density at radius 3 is 2.43 bits per heavy atom. The zero-order valence-corrected chi connectivity index (χ0v) is 8.37. The van der Waals surface area contributed by atoms with Crippen molar-refractivity contribution in [2.45, 2.75) is 18.2 Å². The number of hydrogen-bond acceptors (Lipinski definition) is 4. The maximum Gasteiger partial charge on any atom is 0.294 e. The van der Waals surface area contributed by atoms with Crippen LogP contribution >= 0.6 is 0 Å². The summed E-state index contributed by atoms with van der Waals surface area (Å²) in [6.45, 7) is 1.74. The summed E-state index contributed by atoms with van der Waals surface area (Å²) in [5, 5.41) is 9.39. The van der Waals surface area contributed by atoms with Crippen molar-refractivity contribution in [3.8, 4) is 5.75 Å². The molecule has 0 aliphatic carbocycles. The normalized spacial score (nSPS) is 11.6. The highest BCUT2D eigenvalue weighted by atomic mass is 32.2. The highest BCUT2D eigenvalue weighted by Crippen LogP contribution is 2.28. The number of phenolic OH excluding ortho intramolecular Hbond substituents is 1. The Bertz CT molecular complexity index is 453. The highest BCUT2D eigenvalue weighted by molar-refractivity contribution is 7.85. The fraction of sp³-hybridized carbons (Fsp3) is 0.250. The first-order valence-corrected chi connectivity index (χ1v) is 5.39. The van der Waals surface area contributed by atoms with Crippen molar-refractivity contribution in [2.24, 2.45) is 0 Å². The first-order valence-electron chi connectivity index (χ1n) is 3.95. The number of nitrogen functional groups attached to an aromatic ring is 1. The monoisotopic (exact) mass is 217 g/mol. The zero-order chi connectivity index (χ0) is 10.9. The molecular weight excluding hydrogens is 206 g/mol. The van der Waals surface area contributed by atoms with Gasteiger partial charge in [0, 0.05) is 0 Å². The summed E-state index contributed by atoms with van der Waals surface area (Å²) in [6, 6.07) is 2.21. The predicted octanol–water partition coefficient (Wildman–Crippen LogP) is 0.783. The van der Waals surface area contributed by atoms with E-state index in [0.29, 0.717) is 12.0 Å². The summed E-state index contributed by atoms with van der Waals surface area (Å²) in [4.78, 5) is -0.301. The predicted molar refractivity (Wildman–Crippen MR) is 51.7 cm³/mol. The van der Waals surface area contributed by atoms with Crippen LogP contribution in [0.2, 0.25) is 0 Å². The number of anilines is 1. The van der Waals surface area contributed by atoms with Crippen LogP contribution < -0.4 is 5.73 Å². The first kappa shape index (κ1) is 10.8. The quantitative estimate of drug-likeness (QED) is 0.386. The van der Waals surface area contributed by atoms with Crippen LogP contribution in [-0.4, -0.2) is 18.1 Å². The molecule has 0 fully saturated rings. The Hall–Kier alpha value is -1.27. The zero-order valence-electron chi connectivity index (χ0n) is 7.56. The number of benzene rings is 1. The van der Waals surface area contributed by atoms with E-state index in [-0.39, 0.29) is 16.3 Å². The Labute approximate surface area is 81.9 Å². The van der Waals surface area contributed by atoms with Gasteiger partial charge in [0.25, 0.3) is 10.1 Å². The summed E-state index contributed by atoms with van der Waals surface area (Å²) in [7, 11) is -4.27. The maximum atomic E-state index is 10.8. The molecule has 78 valence electrons. The summed E-state index contributed by atoms with van der Waals surface area (Å²) in [5.41, 5.74) is 5.70. The molecule has 5 nitrogen and oxygen atoms in total. The topological polar surface area (TPSA) is 101 Å². The van der Waals surface area contributed by atoms with Crippen LogP contribution in [0.1, 0.15) is 12.5 Å². The van der Waals surface area contributed by atoms with Gasteiger partial charge in [-0.05, 0) is 24.1 Å². The molecule has 0 radical (unpaired) electrons. The average molecular weight is 217 g/mol. The maximum absolute atomic E-state index is 10.8. The second kappa shape index (κ2) is 3.47. The molecule has 0 bridgehead atoms. The molecule has 1 aromatic rings. The van der Waals surface area contributed by atoms with Crippen molar-refractivity contribution in [1.29, 1.82) is 0 Å². The fourth-order valence-electron chi connectivity index (χ4n) is 1.11. The van der Waals surface area contributed by atoms with Crippen molar-refractivity contribution < 1.29 is 18.1 Å². The molecule has 14 heavy (non-hydrogen) atoms. The van der Waals surface area contributed by atoms with Crippen molar-refractivity contribution >= 4 is 15.8 Å². The summed E-state index contributed by atoms with van der Waals surface area (Å²) >= 11 is 0. The van der Waals surface area contributed by atoms with Gasteiger partial charge in [0.05, 0.1) is 10.6 Å². The van der Waals surface area contributed by atoms with Crippen LogP contribution in [0.25, 0.3) is 0 Å². The lowest BCUT2D eigenvalue weighted by molar-refractivity contribution is 0.469. The van der Waals surface area contributed by atoms with Gasteiger partial charge in [-0.1, -0.05) is 6.92 Å². The van der Waals surface area contributed by atoms with E-state index < -0.39 is 10.1 Å². The van der Waals surface area contributed by atoms with Crippen LogP contribution in [0.3, 0.4) is 0 Å². The SMILES string of the molecule is CCc1cc(S(=O)(=O)O)cc(N)c1O. The van der Waals surface area contributed by atoms with E-state index in [4.69, 9.17) is 10.3 Å². The van der Waals surface area contributed by atoms with Gasteiger partial charge >= 0.3 is 0 Å². The van der Waals surface area contributed by atoms with E-state index in [2.05, 4.69) is 0 Å². The van der Waals surface area contributed by atoms with Gasteiger partial charge in [-0.2, -0.15) is 8.42 Å². The van der Waals surface area contributed by atoms with Crippen LogP contribution in [0, 0.1) is 0 Å². The van der Waals surface area contributed by atoms with Crippen LogP contribution in [0.5, 0.6) is 5.75 Å². The second-order valence-corrected chi connectivity index (χ2v) is 4.27. The molecule has 1 aromatic carbocycles. The third-order valence-corrected chi connectivity index (χ3v) is 2.70. The third-order valence-electron chi connectivity index (χ3n) is 1.87.